The quantitative estimate of drug-likeness (QED) is 0.657. The number of nitrogens with one attached hydrogen (secondary N) is 1. The summed E-state index contributed by atoms with van der Waals surface area (Å²) in [6, 6.07) is 9.53. The number of hydrogen-bond donors (Lipinski definition) is 1. The third-order valence-corrected chi connectivity index (χ3v) is 6.57. The van der Waals surface area contributed by atoms with E-state index in [-0.39, 0.29) is 17.0 Å². The van der Waals surface area contributed by atoms with Crippen LogP contribution in [0.5, 0.6) is 0 Å². The second-order valence-corrected chi connectivity index (χ2v) is 9.17. The predicted octanol–water partition coefficient (Wildman–Crippen LogP) is 3.11. The Morgan fingerprint density at radius 2 is 1.79 bits per heavy atom. The molecule has 7 nitrogen and oxygen atoms in total. The molecule has 2 aromatic carbocycles. The lowest BCUT2D eigenvalue weighted by Gasteiger charge is -2.19. The first-order valence-electron chi connectivity index (χ1n) is 8.27. The van der Waals surface area contributed by atoms with Crippen LogP contribution >= 0.6 is 15.9 Å². The molecule has 0 aromatic heterocycles. The van der Waals surface area contributed by atoms with E-state index in [1.807, 2.05) is 13.0 Å². The van der Waals surface area contributed by atoms with Crippen LogP contribution in [0.3, 0.4) is 0 Å². The van der Waals surface area contributed by atoms with Crippen molar-refractivity contribution < 1.29 is 22.7 Å². The summed E-state index contributed by atoms with van der Waals surface area (Å²) in [5.41, 5.74) is 2.10. The zero-order valence-electron chi connectivity index (χ0n) is 15.9. The number of benzene rings is 2. The molecule has 28 heavy (non-hydrogen) atoms. The lowest BCUT2D eigenvalue weighted by molar-refractivity contribution is -0.116. The van der Waals surface area contributed by atoms with Crippen molar-refractivity contribution in [1.82, 2.24) is 4.31 Å². The van der Waals surface area contributed by atoms with Gasteiger partial charge in [0.15, 0.2) is 0 Å². The van der Waals surface area contributed by atoms with Gasteiger partial charge in [-0.15, -0.1) is 0 Å². The van der Waals surface area contributed by atoms with Crippen LogP contribution in [0, 0.1) is 13.8 Å². The monoisotopic (exact) mass is 468 g/mol. The van der Waals surface area contributed by atoms with Crippen molar-refractivity contribution in [1.29, 1.82) is 0 Å². The summed E-state index contributed by atoms with van der Waals surface area (Å²) in [4.78, 5) is 23.9. The van der Waals surface area contributed by atoms with E-state index in [2.05, 4.69) is 26.0 Å². The summed E-state index contributed by atoms with van der Waals surface area (Å²) in [7, 11) is -1.33. The number of esters is 1. The number of sulfonamides is 1. The first-order chi connectivity index (χ1) is 13.1. The number of nitrogens with zero attached hydrogens (tertiary/aromatic N) is 1. The fourth-order valence-electron chi connectivity index (χ4n) is 2.60. The molecular formula is C19H21BrN2O5S. The molecule has 2 aromatic rings. The van der Waals surface area contributed by atoms with Crippen LogP contribution in [0.4, 0.5) is 5.69 Å². The average Bonchev–Trinajstić information content (AvgIpc) is 2.62. The fourth-order valence-corrected chi connectivity index (χ4v) is 4.40. The second kappa shape index (κ2) is 8.85. The van der Waals surface area contributed by atoms with Gasteiger partial charge in [-0.05, 0) is 61.4 Å². The lowest BCUT2D eigenvalue weighted by atomic mass is 10.1. The van der Waals surface area contributed by atoms with Gasteiger partial charge in [-0.1, -0.05) is 15.9 Å². The Morgan fingerprint density at radius 3 is 2.36 bits per heavy atom. The number of methoxy groups -OCH3 is 1. The maximum atomic E-state index is 12.8. The van der Waals surface area contributed by atoms with E-state index >= 15 is 0 Å². The Kier molecular flexibility index (Phi) is 6.97. The number of anilines is 1. The minimum Gasteiger partial charge on any atom is -0.465 e. The van der Waals surface area contributed by atoms with Crippen LogP contribution in [0.2, 0.25) is 0 Å². The third-order valence-electron chi connectivity index (χ3n) is 4.11. The van der Waals surface area contributed by atoms with E-state index in [0.29, 0.717) is 11.3 Å². The Morgan fingerprint density at radius 1 is 1.11 bits per heavy atom. The molecule has 0 saturated heterocycles. The molecule has 0 saturated carbocycles. The van der Waals surface area contributed by atoms with Gasteiger partial charge in [0.25, 0.3) is 0 Å². The smallest absolute Gasteiger partial charge is 0.337 e. The Bertz CT molecular complexity index is 1020. The highest BCUT2D eigenvalue weighted by molar-refractivity contribution is 9.10. The molecule has 0 radical (unpaired) electrons. The number of amides is 1. The molecular weight excluding hydrogens is 448 g/mol. The summed E-state index contributed by atoms with van der Waals surface area (Å²) in [6.07, 6.45) is 0. The van der Waals surface area contributed by atoms with Gasteiger partial charge in [0.1, 0.15) is 0 Å². The number of hydrogen-bond acceptors (Lipinski definition) is 5. The predicted molar refractivity (Wildman–Crippen MR) is 110 cm³/mol. The highest BCUT2D eigenvalue weighted by atomic mass is 79.9. The molecule has 0 heterocycles. The van der Waals surface area contributed by atoms with E-state index in [0.717, 1.165) is 14.3 Å². The minimum absolute atomic E-state index is 0.0234. The van der Waals surface area contributed by atoms with E-state index < -0.39 is 21.9 Å². The molecule has 0 unspecified atom stereocenters. The molecule has 2 rings (SSSR count). The molecule has 0 fully saturated rings. The summed E-state index contributed by atoms with van der Waals surface area (Å²) in [5.74, 6) is -1.01. The topological polar surface area (TPSA) is 92.8 Å². The Labute approximate surface area is 172 Å². The van der Waals surface area contributed by atoms with Crippen molar-refractivity contribution in [3.8, 4) is 0 Å². The summed E-state index contributed by atoms with van der Waals surface area (Å²) >= 11 is 3.35. The number of halogens is 1. The first kappa shape index (κ1) is 22.1. The van der Waals surface area contributed by atoms with Crippen LogP contribution < -0.4 is 5.32 Å². The van der Waals surface area contributed by atoms with Crippen LogP contribution in [-0.4, -0.2) is 45.3 Å². The number of aryl methyl sites for hydroxylation is 2. The molecule has 0 atom stereocenters. The molecule has 0 spiro atoms. The van der Waals surface area contributed by atoms with E-state index in [1.54, 1.807) is 19.1 Å². The number of carbonyl (C=O) groups is 2. The average molecular weight is 469 g/mol. The van der Waals surface area contributed by atoms with Crippen LogP contribution in [-0.2, 0) is 19.6 Å². The molecule has 0 aliphatic rings. The van der Waals surface area contributed by atoms with Gasteiger partial charge in [0, 0.05) is 17.2 Å². The number of carbonyl (C=O) groups excluding carboxylic acids is 2. The van der Waals surface area contributed by atoms with Crippen LogP contribution in [0.1, 0.15) is 21.5 Å². The van der Waals surface area contributed by atoms with Crippen molar-refractivity contribution in [2.45, 2.75) is 18.7 Å². The third kappa shape index (κ3) is 4.98. The molecule has 150 valence electrons. The van der Waals surface area contributed by atoms with Gasteiger partial charge in [0.05, 0.1) is 24.1 Å². The maximum Gasteiger partial charge on any atom is 0.337 e. The second-order valence-electron chi connectivity index (χ2n) is 6.24. The summed E-state index contributed by atoms with van der Waals surface area (Å²) in [5, 5.41) is 2.71. The van der Waals surface area contributed by atoms with Gasteiger partial charge in [-0.3, -0.25) is 4.79 Å². The molecule has 0 aliphatic carbocycles. The van der Waals surface area contributed by atoms with Crippen molar-refractivity contribution in [3.63, 3.8) is 0 Å². The summed E-state index contributed by atoms with van der Waals surface area (Å²) in [6.45, 7) is 3.07. The number of ether oxygens (including phenoxy) is 1. The molecule has 0 bridgehead atoms. The van der Waals surface area contributed by atoms with Gasteiger partial charge < -0.3 is 10.1 Å². The Balaban J connectivity index is 2.17. The van der Waals surface area contributed by atoms with Crippen molar-refractivity contribution in [2.24, 2.45) is 0 Å². The number of rotatable bonds is 6. The van der Waals surface area contributed by atoms with E-state index in [4.69, 9.17) is 0 Å². The van der Waals surface area contributed by atoms with Crippen LogP contribution in [0.25, 0.3) is 0 Å². The van der Waals surface area contributed by atoms with Crippen LogP contribution in [0.15, 0.2) is 45.8 Å². The van der Waals surface area contributed by atoms with Crippen molar-refractivity contribution >= 4 is 43.5 Å². The summed E-state index contributed by atoms with van der Waals surface area (Å²) < 4.78 is 32.1. The maximum absolute atomic E-state index is 12.8. The largest absolute Gasteiger partial charge is 0.465 e. The highest BCUT2D eigenvalue weighted by Gasteiger charge is 2.25. The number of likely N-dealkylation sites (N-methyl/N-ethyl adjacent to an activating group) is 1. The van der Waals surface area contributed by atoms with E-state index in [9.17, 15) is 18.0 Å². The van der Waals surface area contributed by atoms with Gasteiger partial charge in [-0.25, -0.2) is 13.2 Å². The molecule has 1 N–H and O–H groups in total. The first-order valence-corrected chi connectivity index (χ1v) is 10.5. The van der Waals surface area contributed by atoms with Gasteiger partial charge in [-0.2, -0.15) is 4.31 Å². The lowest BCUT2D eigenvalue weighted by Crippen LogP contribution is -2.35. The highest BCUT2D eigenvalue weighted by Crippen LogP contribution is 2.22. The minimum atomic E-state index is -3.91. The Hall–Kier alpha value is -2.23. The van der Waals surface area contributed by atoms with Crippen molar-refractivity contribution in [3.05, 3.63) is 57.6 Å². The SMILES string of the molecule is COC(=O)c1ccc(S(=O)(=O)N(C)CC(=O)Nc2ccc(Br)cc2C)c(C)c1. The van der Waals surface area contributed by atoms with E-state index in [1.165, 1.54) is 32.4 Å². The zero-order valence-corrected chi connectivity index (χ0v) is 18.3. The van der Waals surface area contributed by atoms with Gasteiger partial charge >= 0.3 is 5.97 Å². The normalized spacial score (nSPS) is 11.4. The molecule has 1 amide bonds. The van der Waals surface area contributed by atoms with Crippen molar-refractivity contribution in [2.75, 3.05) is 26.0 Å². The standard InChI is InChI=1S/C19H21BrN2O5S/c1-12-10-15(20)6-7-16(12)21-18(23)11-22(3)28(25,26)17-8-5-14(9-13(17)2)19(24)27-4/h5-10H,11H2,1-4H3,(H,21,23). The zero-order chi connectivity index (χ0) is 21.1. The molecule has 9 heteroatoms. The van der Waals surface area contributed by atoms with Gasteiger partial charge in [0.2, 0.25) is 15.9 Å². The fraction of sp³-hybridized carbons (Fsp3) is 0.263. The molecule has 0 aliphatic heterocycles.